The summed E-state index contributed by atoms with van der Waals surface area (Å²) in [5.41, 5.74) is 3.74. The first-order chi connectivity index (χ1) is 12.5. The minimum atomic E-state index is -0.104. The molecule has 6 nitrogen and oxygen atoms in total. The van der Waals surface area contributed by atoms with Crippen molar-refractivity contribution >= 4 is 11.7 Å². The Morgan fingerprint density at radius 3 is 2.58 bits per heavy atom. The third-order valence-electron chi connectivity index (χ3n) is 4.04. The first-order valence-electron chi connectivity index (χ1n) is 8.37. The standard InChI is InChI=1S/C20H21N3O3/c1-13-8-9-21-19(10-13)22-20(24)11-16-4-6-17(7-5-16)25-12-18-14(2)23-26-15(18)3/h4-10H,11-12H2,1-3H3,(H,21,22,24). The molecule has 3 rings (SSSR count). The second-order valence-corrected chi connectivity index (χ2v) is 6.18. The summed E-state index contributed by atoms with van der Waals surface area (Å²) in [7, 11) is 0. The number of carbonyl (C=O) groups excluding carboxylic acids is 1. The zero-order chi connectivity index (χ0) is 18.5. The fourth-order valence-electron chi connectivity index (χ4n) is 2.54. The number of anilines is 1. The lowest BCUT2D eigenvalue weighted by Gasteiger charge is -2.08. The second kappa shape index (κ2) is 7.82. The normalized spacial score (nSPS) is 10.6. The van der Waals surface area contributed by atoms with Crippen molar-refractivity contribution in [1.82, 2.24) is 10.1 Å². The minimum absolute atomic E-state index is 0.104. The molecule has 0 radical (unpaired) electrons. The summed E-state index contributed by atoms with van der Waals surface area (Å²) in [5.74, 6) is 1.96. The van der Waals surface area contributed by atoms with E-state index in [1.165, 1.54) is 0 Å². The molecule has 2 heterocycles. The van der Waals surface area contributed by atoms with Crippen molar-refractivity contribution in [1.29, 1.82) is 0 Å². The Kier molecular flexibility index (Phi) is 5.31. The van der Waals surface area contributed by atoms with Gasteiger partial charge in [-0.05, 0) is 56.2 Å². The maximum absolute atomic E-state index is 12.1. The summed E-state index contributed by atoms with van der Waals surface area (Å²) in [6.45, 7) is 6.11. The van der Waals surface area contributed by atoms with Gasteiger partial charge in [-0.3, -0.25) is 4.79 Å². The average molecular weight is 351 g/mol. The molecule has 0 spiro atoms. The highest BCUT2D eigenvalue weighted by Crippen LogP contribution is 2.18. The van der Waals surface area contributed by atoms with Gasteiger partial charge in [-0.25, -0.2) is 4.98 Å². The third-order valence-corrected chi connectivity index (χ3v) is 4.04. The van der Waals surface area contributed by atoms with Crippen molar-refractivity contribution < 1.29 is 14.1 Å². The van der Waals surface area contributed by atoms with Gasteiger partial charge >= 0.3 is 0 Å². The van der Waals surface area contributed by atoms with E-state index in [0.717, 1.165) is 33.9 Å². The highest BCUT2D eigenvalue weighted by Gasteiger charge is 2.10. The number of ether oxygens (including phenoxy) is 1. The van der Waals surface area contributed by atoms with Crippen LogP contribution < -0.4 is 10.1 Å². The molecule has 0 fully saturated rings. The zero-order valence-corrected chi connectivity index (χ0v) is 15.1. The number of nitrogens with zero attached hydrogens (tertiary/aromatic N) is 2. The summed E-state index contributed by atoms with van der Waals surface area (Å²) >= 11 is 0. The van der Waals surface area contributed by atoms with Gasteiger partial charge in [0, 0.05) is 6.20 Å². The maximum Gasteiger partial charge on any atom is 0.229 e. The Balaban J connectivity index is 1.55. The van der Waals surface area contributed by atoms with Gasteiger partial charge in [0.2, 0.25) is 5.91 Å². The van der Waals surface area contributed by atoms with E-state index in [-0.39, 0.29) is 12.3 Å². The molecule has 0 aliphatic rings. The summed E-state index contributed by atoms with van der Waals surface area (Å²) in [4.78, 5) is 16.3. The number of carbonyl (C=O) groups is 1. The number of aryl methyl sites for hydroxylation is 3. The zero-order valence-electron chi connectivity index (χ0n) is 15.1. The Bertz CT molecular complexity index is 881. The first kappa shape index (κ1) is 17.7. The highest BCUT2D eigenvalue weighted by molar-refractivity contribution is 5.91. The topological polar surface area (TPSA) is 77.2 Å². The van der Waals surface area contributed by atoms with Crippen molar-refractivity contribution in [3.63, 3.8) is 0 Å². The van der Waals surface area contributed by atoms with Crippen LogP contribution in [0.25, 0.3) is 0 Å². The number of rotatable bonds is 6. The number of pyridine rings is 1. The molecule has 1 N–H and O–H groups in total. The molecule has 0 aliphatic heterocycles. The Hall–Kier alpha value is -3.15. The minimum Gasteiger partial charge on any atom is -0.489 e. The van der Waals surface area contributed by atoms with Gasteiger partial charge in [0.1, 0.15) is 23.9 Å². The lowest BCUT2D eigenvalue weighted by molar-refractivity contribution is -0.115. The molecule has 6 heteroatoms. The van der Waals surface area contributed by atoms with E-state index in [4.69, 9.17) is 9.26 Å². The summed E-state index contributed by atoms with van der Waals surface area (Å²) in [6.07, 6.45) is 1.95. The summed E-state index contributed by atoms with van der Waals surface area (Å²) in [5, 5.41) is 6.71. The molecule has 2 aromatic heterocycles. The van der Waals surface area contributed by atoms with E-state index in [2.05, 4.69) is 15.5 Å². The molecule has 134 valence electrons. The van der Waals surface area contributed by atoms with Crippen LogP contribution in [0, 0.1) is 20.8 Å². The van der Waals surface area contributed by atoms with E-state index in [0.29, 0.717) is 12.4 Å². The van der Waals surface area contributed by atoms with Crippen molar-refractivity contribution in [2.45, 2.75) is 33.8 Å². The Morgan fingerprint density at radius 2 is 1.92 bits per heavy atom. The fraction of sp³-hybridized carbons (Fsp3) is 0.250. The molecule has 0 atom stereocenters. The van der Waals surface area contributed by atoms with Gasteiger partial charge in [-0.15, -0.1) is 0 Å². The fourth-order valence-corrected chi connectivity index (χ4v) is 2.54. The molecule has 1 aromatic carbocycles. The second-order valence-electron chi connectivity index (χ2n) is 6.18. The van der Waals surface area contributed by atoms with Crippen molar-refractivity contribution in [3.8, 4) is 5.75 Å². The quantitative estimate of drug-likeness (QED) is 0.732. The number of benzene rings is 1. The number of hydrogen-bond acceptors (Lipinski definition) is 5. The molecule has 3 aromatic rings. The molecule has 0 saturated carbocycles. The SMILES string of the molecule is Cc1ccnc(NC(=O)Cc2ccc(OCc3c(C)noc3C)cc2)c1. The molecule has 0 unspecified atom stereocenters. The van der Waals surface area contributed by atoms with Crippen LogP contribution in [0.1, 0.15) is 28.1 Å². The molecule has 26 heavy (non-hydrogen) atoms. The van der Waals surface area contributed by atoms with Crippen LogP contribution in [-0.4, -0.2) is 16.0 Å². The summed E-state index contributed by atoms with van der Waals surface area (Å²) < 4.78 is 10.9. The van der Waals surface area contributed by atoms with E-state index in [1.54, 1.807) is 6.20 Å². The number of nitrogens with one attached hydrogen (secondary N) is 1. The van der Waals surface area contributed by atoms with Crippen LogP contribution in [-0.2, 0) is 17.8 Å². The predicted octanol–water partition coefficient (Wildman–Crippen LogP) is 3.76. The van der Waals surface area contributed by atoms with Crippen LogP contribution in [0.15, 0.2) is 47.1 Å². The summed E-state index contributed by atoms with van der Waals surface area (Å²) in [6, 6.07) is 11.2. The van der Waals surface area contributed by atoms with Crippen molar-refractivity contribution in [2.75, 3.05) is 5.32 Å². The number of hydrogen-bond donors (Lipinski definition) is 1. The van der Waals surface area contributed by atoms with Crippen LogP contribution in [0.2, 0.25) is 0 Å². The largest absolute Gasteiger partial charge is 0.489 e. The molecule has 0 aliphatic carbocycles. The van der Waals surface area contributed by atoms with Gasteiger partial charge < -0.3 is 14.6 Å². The highest BCUT2D eigenvalue weighted by atomic mass is 16.5. The molecule has 0 bridgehead atoms. The maximum atomic E-state index is 12.1. The predicted molar refractivity (Wildman–Crippen MR) is 98.1 cm³/mol. The van der Waals surface area contributed by atoms with Gasteiger partial charge in [0.25, 0.3) is 0 Å². The van der Waals surface area contributed by atoms with Gasteiger partial charge in [-0.2, -0.15) is 0 Å². The molecule has 0 saturated heterocycles. The van der Waals surface area contributed by atoms with Crippen LogP contribution >= 0.6 is 0 Å². The number of aromatic nitrogens is 2. The van der Waals surface area contributed by atoms with Crippen LogP contribution in [0.4, 0.5) is 5.82 Å². The Morgan fingerprint density at radius 1 is 1.15 bits per heavy atom. The average Bonchev–Trinajstić information content (AvgIpc) is 2.92. The van der Waals surface area contributed by atoms with Gasteiger partial charge in [0.05, 0.1) is 17.7 Å². The van der Waals surface area contributed by atoms with Crippen molar-refractivity contribution in [2.24, 2.45) is 0 Å². The Labute approximate surface area is 152 Å². The first-order valence-corrected chi connectivity index (χ1v) is 8.37. The number of amides is 1. The van der Waals surface area contributed by atoms with Crippen LogP contribution in [0.5, 0.6) is 5.75 Å². The van der Waals surface area contributed by atoms with E-state index in [1.807, 2.05) is 57.2 Å². The lowest BCUT2D eigenvalue weighted by Crippen LogP contribution is -2.15. The molecular weight excluding hydrogens is 330 g/mol. The van der Waals surface area contributed by atoms with E-state index >= 15 is 0 Å². The van der Waals surface area contributed by atoms with Crippen LogP contribution in [0.3, 0.4) is 0 Å². The molecular formula is C20H21N3O3. The monoisotopic (exact) mass is 351 g/mol. The van der Waals surface area contributed by atoms with Gasteiger partial charge in [-0.1, -0.05) is 17.3 Å². The van der Waals surface area contributed by atoms with E-state index in [9.17, 15) is 4.79 Å². The van der Waals surface area contributed by atoms with E-state index < -0.39 is 0 Å². The third kappa shape index (κ3) is 4.47. The molecule has 1 amide bonds. The smallest absolute Gasteiger partial charge is 0.229 e. The lowest BCUT2D eigenvalue weighted by atomic mass is 10.1. The van der Waals surface area contributed by atoms with Gasteiger partial charge in [0.15, 0.2) is 0 Å². The van der Waals surface area contributed by atoms with Crippen molar-refractivity contribution in [3.05, 3.63) is 70.7 Å².